The average molecular weight is 392 g/mol. The summed E-state index contributed by atoms with van der Waals surface area (Å²) in [6.07, 6.45) is 2.68. The van der Waals surface area contributed by atoms with Crippen molar-refractivity contribution in [1.82, 2.24) is 4.98 Å². The van der Waals surface area contributed by atoms with Gasteiger partial charge in [-0.3, -0.25) is 9.69 Å². The summed E-state index contributed by atoms with van der Waals surface area (Å²) in [5.74, 6) is -0.404. The van der Waals surface area contributed by atoms with Crippen LogP contribution >= 0.6 is 11.3 Å². The Morgan fingerprint density at radius 1 is 1.19 bits per heavy atom. The number of thiazole rings is 1. The largest absolute Gasteiger partial charge is 0.379 e. The number of nitrogens with zero attached hydrogens (tertiary/aromatic N) is 2. The van der Waals surface area contributed by atoms with Gasteiger partial charge in [0.2, 0.25) is 6.41 Å². The Labute approximate surface area is 153 Å². The van der Waals surface area contributed by atoms with Gasteiger partial charge in [0.1, 0.15) is 16.5 Å². The van der Waals surface area contributed by atoms with Gasteiger partial charge in [0, 0.05) is 12.1 Å². The lowest BCUT2D eigenvalue weighted by molar-refractivity contribution is -0.107. The molecule has 134 valence electrons. The van der Waals surface area contributed by atoms with Crippen molar-refractivity contribution in [2.45, 2.75) is 23.8 Å². The molecule has 1 aliphatic rings. The van der Waals surface area contributed by atoms with Gasteiger partial charge in [-0.15, -0.1) is 0 Å². The summed E-state index contributed by atoms with van der Waals surface area (Å²) in [5, 5.41) is 0.580. The zero-order chi connectivity index (χ0) is 18.3. The Morgan fingerprint density at radius 2 is 1.92 bits per heavy atom. The monoisotopic (exact) mass is 392 g/mol. The van der Waals surface area contributed by atoms with Gasteiger partial charge in [0.15, 0.2) is 5.13 Å². The second-order valence-corrected chi connectivity index (χ2v) is 8.42. The number of hydrogen-bond acceptors (Lipinski definition) is 6. The molecule has 1 aromatic heterocycles. The fourth-order valence-corrected chi connectivity index (χ4v) is 4.43. The highest BCUT2D eigenvalue weighted by Gasteiger charge is 2.31. The van der Waals surface area contributed by atoms with E-state index in [0.717, 1.165) is 43.5 Å². The second kappa shape index (κ2) is 6.33. The zero-order valence-electron chi connectivity index (χ0n) is 13.3. The van der Waals surface area contributed by atoms with Crippen molar-refractivity contribution in [3.63, 3.8) is 0 Å². The third-order valence-corrected chi connectivity index (χ3v) is 6.22. The minimum absolute atomic E-state index is 0.126. The molecule has 1 heterocycles. The molecule has 0 saturated heterocycles. The van der Waals surface area contributed by atoms with E-state index in [1.54, 1.807) is 17.0 Å². The van der Waals surface area contributed by atoms with Crippen LogP contribution in [0.4, 0.5) is 9.52 Å². The van der Waals surface area contributed by atoms with Crippen molar-refractivity contribution in [2.24, 2.45) is 0 Å². The molecule has 1 fully saturated rings. The maximum absolute atomic E-state index is 13.0. The van der Waals surface area contributed by atoms with E-state index >= 15 is 0 Å². The highest BCUT2D eigenvalue weighted by molar-refractivity contribution is 7.87. The van der Waals surface area contributed by atoms with Gasteiger partial charge in [-0.2, -0.15) is 8.42 Å². The molecule has 0 bridgehead atoms. The van der Waals surface area contributed by atoms with E-state index in [-0.39, 0.29) is 16.7 Å². The van der Waals surface area contributed by atoms with Crippen LogP contribution in [0.15, 0.2) is 47.4 Å². The third-order valence-electron chi connectivity index (χ3n) is 3.93. The highest BCUT2D eigenvalue weighted by atomic mass is 32.2. The minimum atomic E-state index is -4.07. The Kier molecular flexibility index (Phi) is 4.12. The summed E-state index contributed by atoms with van der Waals surface area (Å²) in [6, 6.07) is 9.30. The fraction of sp³-hybridized carbons (Fsp3) is 0.176. The van der Waals surface area contributed by atoms with Gasteiger partial charge in [-0.1, -0.05) is 11.3 Å². The fourth-order valence-electron chi connectivity index (χ4n) is 2.47. The maximum Gasteiger partial charge on any atom is 0.339 e. The van der Waals surface area contributed by atoms with E-state index in [1.807, 2.05) is 0 Å². The molecule has 0 aliphatic heterocycles. The summed E-state index contributed by atoms with van der Waals surface area (Å²) in [7, 11) is -4.07. The number of anilines is 1. The smallest absolute Gasteiger partial charge is 0.339 e. The standard InChI is InChI=1S/C17H13FN2O4S2/c18-11-1-6-14(7-2-11)26(22,23)24-13-5-8-15-16(9-13)25-17(19-15)20(10-21)12-3-4-12/h1-2,5-10,12H,3-4H2. The Hall–Kier alpha value is -2.52. The van der Waals surface area contributed by atoms with E-state index in [9.17, 15) is 17.6 Å². The molecule has 1 saturated carbocycles. The third kappa shape index (κ3) is 3.27. The molecular formula is C17H13FN2O4S2. The van der Waals surface area contributed by atoms with Gasteiger partial charge in [0.25, 0.3) is 0 Å². The summed E-state index contributed by atoms with van der Waals surface area (Å²) in [4.78, 5) is 17.1. The first-order chi connectivity index (χ1) is 12.5. The molecule has 0 N–H and O–H groups in total. The molecule has 3 aromatic rings. The number of amides is 1. The van der Waals surface area contributed by atoms with Crippen LogP contribution in [0.2, 0.25) is 0 Å². The summed E-state index contributed by atoms with van der Waals surface area (Å²) >= 11 is 1.30. The molecule has 0 unspecified atom stereocenters. The highest BCUT2D eigenvalue weighted by Crippen LogP contribution is 2.36. The second-order valence-electron chi connectivity index (χ2n) is 5.86. The molecule has 4 rings (SSSR count). The van der Waals surface area contributed by atoms with Crippen molar-refractivity contribution in [3.8, 4) is 5.75 Å². The number of aromatic nitrogens is 1. The topological polar surface area (TPSA) is 76.6 Å². The Morgan fingerprint density at radius 3 is 2.58 bits per heavy atom. The molecule has 2 aromatic carbocycles. The lowest BCUT2D eigenvalue weighted by Crippen LogP contribution is -2.22. The first-order valence-electron chi connectivity index (χ1n) is 7.80. The minimum Gasteiger partial charge on any atom is -0.379 e. The SMILES string of the molecule is O=CN(c1nc2ccc(OS(=O)(=O)c3ccc(F)cc3)cc2s1)C1CC1. The van der Waals surface area contributed by atoms with Crippen LogP contribution in [0.25, 0.3) is 10.2 Å². The number of fused-ring (bicyclic) bond motifs is 1. The molecule has 0 radical (unpaired) electrons. The number of hydrogen-bond donors (Lipinski definition) is 0. The number of carbonyl (C=O) groups is 1. The van der Waals surface area contributed by atoms with Crippen molar-refractivity contribution in [1.29, 1.82) is 0 Å². The molecule has 26 heavy (non-hydrogen) atoms. The molecule has 6 nitrogen and oxygen atoms in total. The summed E-state index contributed by atoms with van der Waals surface area (Å²) in [5.41, 5.74) is 0.657. The van der Waals surface area contributed by atoms with Crippen LogP contribution in [-0.4, -0.2) is 25.9 Å². The zero-order valence-corrected chi connectivity index (χ0v) is 15.0. The van der Waals surface area contributed by atoms with Gasteiger partial charge in [-0.05, 0) is 49.2 Å². The number of carbonyl (C=O) groups excluding carboxylic acids is 1. The predicted octanol–water partition coefficient (Wildman–Crippen LogP) is 3.33. The lowest BCUT2D eigenvalue weighted by Gasteiger charge is -2.11. The van der Waals surface area contributed by atoms with Crippen LogP contribution in [0, 0.1) is 5.82 Å². The van der Waals surface area contributed by atoms with Crippen molar-refractivity contribution < 1.29 is 21.8 Å². The van der Waals surface area contributed by atoms with Crippen LogP contribution < -0.4 is 9.08 Å². The average Bonchev–Trinajstić information content (AvgIpc) is 3.34. The summed E-state index contributed by atoms with van der Waals surface area (Å²) in [6.45, 7) is 0. The van der Waals surface area contributed by atoms with Crippen molar-refractivity contribution in [3.05, 3.63) is 48.3 Å². The molecule has 1 aliphatic carbocycles. The van der Waals surface area contributed by atoms with E-state index in [2.05, 4.69) is 4.98 Å². The molecule has 0 atom stereocenters. The van der Waals surface area contributed by atoms with Gasteiger partial charge in [0.05, 0.1) is 10.2 Å². The number of benzene rings is 2. The maximum atomic E-state index is 13.0. The summed E-state index contributed by atoms with van der Waals surface area (Å²) < 4.78 is 43.4. The normalized spacial score (nSPS) is 14.3. The quantitative estimate of drug-likeness (QED) is 0.475. The van der Waals surface area contributed by atoms with Crippen LogP contribution in [0.3, 0.4) is 0 Å². The van der Waals surface area contributed by atoms with E-state index in [0.29, 0.717) is 15.3 Å². The van der Waals surface area contributed by atoms with Crippen LogP contribution in [-0.2, 0) is 14.9 Å². The lowest BCUT2D eigenvalue weighted by atomic mass is 10.3. The van der Waals surface area contributed by atoms with E-state index in [1.165, 1.54) is 17.4 Å². The van der Waals surface area contributed by atoms with Crippen molar-refractivity contribution >= 4 is 43.2 Å². The molecule has 9 heteroatoms. The molecule has 1 amide bonds. The van der Waals surface area contributed by atoms with Crippen LogP contribution in [0.1, 0.15) is 12.8 Å². The molecular weight excluding hydrogens is 379 g/mol. The van der Waals surface area contributed by atoms with E-state index in [4.69, 9.17) is 4.18 Å². The van der Waals surface area contributed by atoms with Crippen LogP contribution in [0.5, 0.6) is 5.75 Å². The van der Waals surface area contributed by atoms with Crippen molar-refractivity contribution in [2.75, 3.05) is 4.90 Å². The van der Waals surface area contributed by atoms with E-state index < -0.39 is 15.9 Å². The van der Waals surface area contributed by atoms with Gasteiger partial charge in [-0.25, -0.2) is 9.37 Å². The first-order valence-corrected chi connectivity index (χ1v) is 10.0. The first kappa shape index (κ1) is 16.9. The van der Waals surface area contributed by atoms with Gasteiger partial charge >= 0.3 is 10.1 Å². The Bertz CT molecular complexity index is 1080. The predicted molar refractivity (Wildman–Crippen MR) is 95.4 cm³/mol. The van der Waals surface area contributed by atoms with Gasteiger partial charge < -0.3 is 4.18 Å². The molecule has 0 spiro atoms. The Balaban J connectivity index is 1.62. The number of rotatable bonds is 6. The number of halogens is 1.